The van der Waals surface area contributed by atoms with E-state index in [1.54, 1.807) is 6.92 Å². The van der Waals surface area contributed by atoms with Crippen LogP contribution >= 0.6 is 0 Å². The molecular weight excluding hydrogens is 307 g/mol. The van der Waals surface area contributed by atoms with E-state index in [9.17, 15) is 13.2 Å². The van der Waals surface area contributed by atoms with E-state index in [-0.39, 0.29) is 23.9 Å². The molecule has 0 N–H and O–H groups in total. The summed E-state index contributed by atoms with van der Waals surface area (Å²) in [6.45, 7) is 7.56. The lowest BCUT2D eigenvalue weighted by molar-refractivity contribution is 0.105. The first-order valence-corrected chi connectivity index (χ1v) is 8.02. The van der Waals surface area contributed by atoms with Crippen molar-refractivity contribution in [3.05, 3.63) is 12.4 Å². The van der Waals surface area contributed by atoms with Gasteiger partial charge in [-0.15, -0.1) is 0 Å². The molecule has 0 aromatic rings. The topological polar surface area (TPSA) is 37.2 Å². The number of hydrogen-bond donors (Lipinski definition) is 0. The number of fused-ring (bicyclic) bond motifs is 1. The molecule has 2 fully saturated rings. The van der Waals surface area contributed by atoms with Gasteiger partial charge in [0.15, 0.2) is 6.30 Å². The van der Waals surface area contributed by atoms with Crippen LogP contribution in [0.1, 0.15) is 39.5 Å². The summed E-state index contributed by atoms with van der Waals surface area (Å²) in [6, 6.07) is -0.209. The molecule has 4 nitrogen and oxygen atoms in total. The van der Waals surface area contributed by atoms with Crippen LogP contribution in [0, 0.1) is 0 Å². The number of nitrogens with zero attached hydrogens (tertiary/aromatic N) is 3. The number of aliphatic imine (C=N–C) groups is 2. The van der Waals surface area contributed by atoms with Crippen molar-refractivity contribution in [1.29, 1.82) is 0 Å². The highest BCUT2D eigenvalue weighted by molar-refractivity contribution is 6.03. The van der Waals surface area contributed by atoms with Crippen LogP contribution in [0.25, 0.3) is 0 Å². The summed E-state index contributed by atoms with van der Waals surface area (Å²) in [5, 5.41) is 0. The van der Waals surface area contributed by atoms with E-state index >= 15 is 0 Å². The van der Waals surface area contributed by atoms with Crippen molar-refractivity contribution in [2.24, 2.45) is 9.98 Å². The number of ether oxygens (including phenoxy) is 1. The lowest BCUT2D eigenvalue weighted by Crippen LogP contribution is -2.43. The zero-order chi connectivity index (χ0) is 17.0. The zero-order valence-electron chi connectivity index (χ0n) is 13.7. The second-order valence-corrected chi connectivity index (χ2v) is 6.17. The molecule has 2 aliphatic heterocycles. The molecule has 2 rings (SSSR count). The van der Waals surface area contributed by atoms with Crippen molar-refractivity contribution in [2.45, 2.75) is 57.5 Å². The standard InChI is InChI=1S/C16H24F3N3O/c1-4-14(11(2)17)21-15(20-12(3)18)23-10-16-6-5-7-22(16)9-13(19)8-16/h12-13H,2,4-10H2,1,3H3/t12?,13-,16?/m1/s1. The van der Waals surface area contributed by atoms with E-state index in [0.29, 0.717) is 19.4 Å². The quantitative estimate of drug-likeness (QED) is 0.439. The van der Waals surface area contributed by atoms with E-state index < -0.39 is 18.3 Å². The Kier molecular flexibility index (Phi) is 5.84. The molecule has 23 heavy (non-hydrogen) atoms. The van der Waals surface area contributed by atoms with Crippen molar-refractivity contribution in [2.75, 3.05) is 19.7 Å². The maximum atomic E-state index is 13.7. The van der Waals surface area contributed by atoms with Gasteiger partial charge in [-0.1, -0.05) is 13.5 Å². The highest BCUT2D eigenvalue weighted by Gasteiger charge is 2.49. The van der Waals surface area contributed by atoms with E-state index in [1.165, 1.54) is 6.92 Å². The third kappa shape index (κ3) is 4.34. The molecule has 0 aromatic heterocycles. The lowest BCUT2D eigenvalue weighted by Gasteiger charge is -2.31. The molecule has 0 spiro atoms. The predicted molar refractivity (Wildman–Crippen MR) is 85.0 cm³/mol. The fraction of sp³-hybridized carbons (Fsp3) is 0.750. The largest absolute Gasteiger partial charge is 0.462 e. The Morgan fingerprint density at radius 2 is 2.26 bits per heavy atom. The molecule has 0 radical (unpaired) electrons. The summed E-state index contributed by atoms with van der Waals surface area (Å²) in [7, 11) is 0. The smallest absolute Gasteiger partial charge is 0.314 e. The second-order valence-electron chi connectivity index (χ2n) is 6.17. The van der Waals surface area contributed by atoms with Gasteiger partial charge in [-0.3, -0.25) is 4.90 Å². The zero-order valence-corrected chi connectivity index (χ0v) is 13.7. The summed E-state index contributed by atoms with van der Waals surface area (Å²) in [6.07, 6.45) is 0.0984. The Labute approximate surface area is 135 Å². The van der Waals surface area contributed by atoms with Crippen LogP contribution in [0.2, 0.25) is 0 Å². The molecule has 0 aromatic carbocycles. The summed E-state index contributed by atoms with van der Waals surface area (Å²) in [5.41, 5.74) is -0.311. The van der Waals surface area contributed by atoms with Crippen molar-refractivity contribution in [3.63, 3.8) is 0 Å². The molecule has 0 amide bonds. The van der Waals surface area contributed by atoms with Gasteiger partial charge in [0.05, 0.1) is 11.3 Å². The summed E-state index contributed by atoms with van der Waals surface area (Å²) < 4.78 is 45.8. The molecule has 0 aliphatic carbocycles. The maximum absolute atomic E-state index is 13.7. The van der Waals surface area contributed by atoms with Gasteiger partial charge in [0.2, 0.25) is 0 Å². The number of alkyl halides is 2. The first kappa shape index (κ1) is 18.0. The molecule has 2 aliphatic rings. The molecule has 0 saturated carbocycles. The Bertz CT molecular complexity index is 507. The van der Waals surface area contributed by atoms with Crippen molar-refractivity contribution in [3.8, 4) is 0 Å². The molecule has 3 atom stereocenters. The van der Waals surface area contributed by atoms with Crippen LogP contribution in [0.15, 0.2) is 22.4 Å². The Morgan fingerprint density at radius 3 is 2.87 bits per heavy atom. The molecule has 2 saturated heterocycles. The van der Waals surface area contributed by atoms with E-state index in [1.807, 2.05) is 0 Å². The minimum absolute atomic E-state index is 0.0694. The fourth-order valence-corrected chi connectivity index (χ4v) is 3.35. The van der Waals surface area contributed by atoms with Gasteiger partial charge in [0, 0.05) is 13.0 Å². The predicted octanol–water partition coefficient (Wildman–Crippen LogP) is 3.59. The van der Waals surface area contributed by atoms with Crippen LogP contribution in [0.5, 0.6) is 0 Å². The SMILES string of the molecule is C=C(F)C(CC)=NC(=NC(C)F)OCC12CCCN1C[C@H](F)C2. The van der Waals surface area contributed by atoms with Gasteiger partial charge in [-0.2, -0.15) is 9.98 Å². The average Bonchev–Trinajstić information content (AvgIpc) is 2.96. The Hall–Kier alpha value is -1.37. The number of allylic oxidation sites excluding steroid dienone is 1. The Morgan fingerprint density at radius 1 is 1.52 bits per heavy atom. The van der Waals surface area contributed by atoms with Crippen LogP contribution in [0.4, 0.5) is 13.2 Å². The van der Waals surface area contributed by atoms with E-state index in [2.05, 4.69) is 21.5 Å². The van der Waals surface area contributed by atoms with Gasteiger partial charge < -0.3 is 4.74 Å². The van der Waals surface area contributed by atoms with Crippen LogP contribution in [0.3, 0.4) is 0 Å². The maximum Gasteiger partial charge on any atom is 0.314 e. The van der Waals surface area contributed by atoms with Gasteiger partial charge in [-0.25, -0.2) is 13.2 Å². The van der Waals surface area contributed by atoms with Gasteiger partial charge in [0.25, 0.3) is 0 Å². The van der Waals surface area contributed by atoms with Crippen LogP contribution < -0.4 is 0 Å². The molecule has 130 valence electrons. The van der Waals surface area contributed by atoms with E-state index in [4.69, 9.17) is 4.74 Å². The molecule has 2 unspecified atom stereocenters. The monoisotopic (exact) mass is 331 g/mol. The summed E-state index contributed by atoms with van der Waals surface area (Å²) in [5.74, 6) is -0.694. The van der Waals surface area contributed by atoms with Gasteiger partial charge in [0.1, 0.15) is 18.6 Å². The van der Waals surface area contributed by atoms with Crippen LogP contribution in [-0.4, -0.2) is 54.3 Å². The molecular formula is C16H24F3N3O. The summed E-state index contributed by atoms with van der Waals surface area (Å²) in [4.78, 5) is 9.68. The second kappa shape index (κ2) is 7.47. The summed E-state index contributed by atoms with van der Waals surface area (Å²) >= 11 is 0. The van der Waals surface area contributed by atoms with Crippen LogP contribution in [-0.2, 0) is 4.74 Å². The third-order valence-corrected chi connectivity index (χ3v) is 4.40. The van der Waals surface area contributed by atoms with Crippen molar-refractivity contribution in [1.82, 2.24) is 4.90 Å². The first-order chi connectivity index (χ1) is 10.9. The molecule has 7 heteroatoms. The average molecular weight is 331 g/mol. The van der Waals surface area contributed by atoms with Gasteiger partial charge >= 0.3 is 6.02 Å². The number of rotatable bonds is 5. The normalized spacial score (nSPS) is 30.4. The van der Waals surface area contributed by atoms with Gasteiger partial charge in [-0.05, 0) is 32.7 Å². The highest BCUT2D eigenvalue weighted by Crippen LogP contribution is 2.40. The lowest BCUT2D eigenvalue weighted by atomic mass is 9.95. The first-order valence-electron chi connectivity index (χ1n) is 8.02. The number of hydrogen-bond acceptors (Lipinski definition) is 3. The minimum Gasteiger partial charge on any atom is -0.462 e. The third-order valence-electron chi connectivity index (χ3n) is 4.40. The highest BCUT2D eigenvalue weighted by atomic mass is 19.1. The number of amidine groups is 1. The molecule has 2 heterocycles. The van der Waals surface area contributed by atoms with E-state index in [0.717, 1.165) is 19.4 Å². The minimum atomic E-state index is -1.52. The molecule has 0 bridgehead atoms. The van der Waals surface area contributed by atoms with Crippen molar-refractivity contribution >= 4 is 11.7 Å². The fourth-order valence-electron chi connectivity index (χ4n) is 3.35. The Balaban J connectivity index is 2.11. The number of halogens is 3. The van der Waals surface area contributed by atoms with Crippen molar-refractivity contribution < 1.29 is 17.9 Å².